The molecule has 7 nitrogen and oxygen atoms in total. The molecule has 0 spiro atoms. The van der Waals surface area contributed by atoms with Gasteiger partial charge in [-0.25, -0.2) is 4.99 Å². The molecule has 3 N–H and O–H groups in total. The van der Waals surface area contributed by atoms with Gasteiger partial charge in [-0.15, -0.1) is 24.0 Å². The maximum Gasteiger partial charge on any atom is 0.191 e. The van der Waals surface area contributed by atoms with E-state index in [1.165, 1.54) is 5.69 Å². The standard InChI is InChI=1S/C21H32N6O.HI/c1-4-22-20(24-16-21(2,28)18-13-25-26(3)15-18)23-12-17-10-11-27(14-17)19-8-6-5-7-9-19;/h5-9,13,15,17,28H,4,10-12,14,16H2,1-3H3,(H2,22,23,24);1H. The van der Waals surface area contributed by atoms with Crippen molar-refractivity contribution in [2.45, 2.75) is 25.9 Å². The van der Waals surface area contributed by atoms with E-state index in [2.05, 4.69) is 56.0 Å². The van der Waals surface area contributed by atoms with Crippen LogP contribution in [0.1, 0.15) is 25.8 Å². The van der Waals surface area contributed by atoms with E-state index in [9.17, 15) is 5.11 Å². The Morgan fingerprint density at radius 1 is 1.31 bits per heavy atom. The topological polar surface area (TPSA) is 77.7 Å². The van der Waals surface area contributed by atoms with Crippen LogP contribution in [0.4, 0.5) is 5.69 Å². The molecule has 1 saturated heterocycles. The molecule has 2 aromatic rings. The first-order valence-corrected chi connectivity index (χ1v) is 10.0. The summed E-state index contributed by atoms with van der Waals surface area (Å²) in [6.45, 7) is 7.86. The lowest BCUT2D eigenvalue weighted by Crippen LogP contribution is -2.41. The van der Waals surface area contributed by atoms with Gasteiger partial charge in [-0.3, -0.25) is 4.68 Å². The second kappa shape index (κ2) is 10.8. The zero-order valence-electron chi connectivity index (χ0n) is 17.5. The van der Waals surface area contributed by atoms with E-state index in [-0.39, 0.29) is 30.5 Å². The smallest absolute Gasteiger partial charge is 0.191 e. The summed E-state index contributed by atoms with van der Waals surface area (Å²) in [5, 5.41) is 21.6. The third-order valence-electron chi connectivity index (χ3n) is 5.18. The highest BCUT2D eigenvalue weighted by molar-refractivity contribution is 14.0. The normalized spacial score (nSPS) is 18.8. The third-order valence-corrected chi connectivity index (χ3v) is 5.18. The lowest BCUT2D eigenvalue weighted by Gasteiger charge is -2.21. The summed E-state index contributed by atoms with van der Waals surface area (Å²) in [7, 11) is 1.84. The molecule has 1 aliphatic rings. The van der Waals surface area contributed by atoms with E-state index in [4.69, 9.17) is 0 Å². The van der Waals surface area contributed by atoms with Gasteiger partial charge in [0.1, 0.15) is 5.60 Å². The maximum absolute atomic E-state index is 10.7. The summed E-state index contributed by atoms with van der Waals surface area (Å²) in [5.74, 6) is 1.31. The molecule has 0 radical (unpaired) electrons. The van der Waals surface area contributed by atoms with Gasteiger partial charge in [-0.2, -0.15) is 5.10 Å². The molecule has 160 valence electrons. The van der Waals surface area contributed by atoms with Gasteiger partial charge in [0.05, 0.1) is 12.7 Å². The van der Waals surface area contributed by atoms with E-state index in [1.54, 1.807) is 17.8 Å². The highest BCUT2D eigenvalue weighted by Crippen LogP contribution is 2.23. The molecule has 0 saturated carbocycles. The molecule has 2 unspecified atom stereocenters. The first kappa shape index (κ1) is 23.5. The van der Waals surface area contributed by atoms with Crippen molar-refractivity contribution in [2.75, 3.05) is 37.6 Å². The second-order valence-corrected chi connectivity index (χ2v) is 7.69. The fraction of sp³-hybridized carbons (Fsp3) is 0.524. The molecule has 2 heterocycles. The summed E-state index contributed by atoms with van der Waals surface area (Å²) >= 11 is 0. The van der Waals surface area contributed by atoms with Gasteiger partial charge in [0, 0.05) is 50.7 Å². The van der Waals surface area contributed by atoms with Crippen LogP contribution in [0.5, 0.6) is 0 Å². The largest absolute Gasteiger partial charge is 0.383 e. The minimum absolute atomic E-state index is 0. The van der Waals surface area contributed by atoms with Gasteiger partial charge in [0.15, 0.2) is 5.96 Å². The van der Waals surface area contributed by atoms with E-state index in [0.717, 1.165) is 44.1 Å². The van der Waals surface area contributed by atoms with Crippen molar-refractivity contribution in [2.24, 2.45) is 18.0 Å². The molecule has 1 fully saturated rings. The monoisotopic (exact) mass is 512 g/mol. The molecule has 29 heavy (non-hydrogen) atoms. The Morgan fingerprint density at radius 3 is 2.72 bits per heavy atom. The zero-order valence-corrected chi connectivity index (χ0v) is 19.8. The van der Waals surface area contributed by atoms with Crippen molar-refractivity contribution in [1.82, 2.24) is 20.4 Å². The van der Waals surface area contributed by atoms with Crippen molar-refractivity contribution in [3.05, 3.63) is 48.3 Å². The number of aliphatic hydroxyl groups is 1. The van der Waals surface area contributed by atoms with Crippen molar-refractivity contribution >= 4 is 35.6 Å². The minimum Gasteiger partial charge on any atom is -0.383 e. The Balaban J connectivity index is 0.00000300. The number of guanidine groups is 1. The highest BCUT2D eigenvalue weighted by atomic mass is 127. The summed E-state index contributed by atoms with van der Waals surface area (Å²) < 4.78 is 1.69. The van der Waals surface area contributed by atoms with E-state index >= 15 is 0 Å². The number of hydrogen-bond donors (Lipinski definition) is 3. The molecule has 0 aliphatic carbocycles. The van der Waals surface area contributed by atoms with Crippen LogP contribution in [0.15, 0.2) is 47.7 Å². The average Bonchev–Trinajstić information content (AvgIpc) is 3.34. The predicted molar refractivity (Wildman–Crippen MR) is 129 cm³/mol. The lowest BCUT2D eigenvalue weighted by molar-refractivity contribution is 0.0672. The van der Waals surface area contributed by atoms with Gasteiger partial charge in [-0.05, 0) is 38.3 Å². The molecule has 3 rings (SSSR count). The van der Waals surface area contributed by atoms with Crippen molar-refractivity contribution < 1.29 is 5.11 Å². The van der Waals surface area contributed by atoms with Crippen molar-refractivity contribution in [1.29, 1.82) is 0 Å². The van der Waals surface area contributed by atoms with E-state index in [0.29, 0.717) is 5.92 Å². The van der Waals surface area contributed by atoms with Crippen LogP contribution in [-0.2, 0) is 12.6 Å². The minimum atomic E-state index is -1.05. The zero-order chi connectivity index (χ0) is 20.0. The van der Waals surface area contributed by atoms with Crippen molar-refractivity contribution in [3.63, 3.8) is 0 Å². The van der Waals surface area contributed by atoms with Crippen LogP contribution in [0.2, 0.25) is 0 Å². The number of aromatic nitrogens is 2. The van der Waals surface area contributed by atoms with Crippen molar-refractivity contribution in [3.8, 4) is 0 Å². The van der Waals surface area contributed by atoms with E-state index in [1.807, 2.05) is 20.2 Å². The Labute approximate surface area is 190 Å². The van der Waals surface area contributed by atoms with E-state index < -0.39 is 5.60 Å². The highest BCUT2D eigenvalue weighted by Gasteiger charge is 2.25. The fourth-order valence-corrected chi connectivity index (χ4v) is 3.48. The Morgan fingerprint density at radius 2 is 2.07 bits per heavy atom. The van der Waals surface area contributed by atoms with Gasteiger partial charge >= 0.3 is 0 Å². The molecule has 1 aromatic carbocycles. The molecule has 2 atom stereocenters. The predicted octanol–water partition coefficient (Wildman–Crippen LogP) is 2.33. The van der Waals surface area contributed by atoms with Gasteiger partial charge in [0.25, 0.3) is 0 Å². The van der Waals surface area contributed by atoms with Crippen LogP contribution >= 0.6 is 24.0 Å². The maximum atomic E-state index is 10.7. The molecule has 1 aromatic heterocycles. The molecule has 8 heteroatoms. The first-order chi connectivity index (χ1) is 13.5. The molecule has 1 aliphatic heterocycles. The Bertz CT molecular complexity index is 776. The van der Waals surface area contributed by atoms with Gasteiger partial charge < -0.3 is 20.6 Å². The fourth-order valence-electron chi connectivity index (χ4n) is 3.48. The SMILES string of the molecule is CCNC(=NCC(C)(O)c1cnn(C)c1)NCC1CCN(c2ccccc2)C1.I. The number of benzene rings is 1. The summed E-state index contributed by atoms with van der Waals surface area (Å²) in [4.78, 5) is 7.04. The number of halogens is 1. The quantitative estimate of drug-likeness (QED) is 0.302. The Hall–Kier alpha value is -1.81. The molecule has 0 bridgehead atoms. The number of para-hydroxylation sites is 1. The number of hydrogen-bond acceptors (Lipinski definition) is 4. The third kappa shape index (κ3) is 6.60. The van der Waals surface area contributed by atoms with Crippen LogP contribution in [-0.4, -0.2) is 53.6 Å². The Kier molecular flexibility index (Phi) is 8.76. The first-order valence-electron chi connectivity index (χ1n) is 10.0. The number of nitrogens with zero attached hydrogens (tertiary/aromatic N) is 4. The number of nitrogens with one attached hydrogen (secondary N) is 2. The summed E-state index contributed by atoms with van der Waals surface area (Å²) in [6.07, 6.45) is 4.67. The van der Waals surface area contributed by atoms with Crippen LogP contribution < -0.4 is 15.5 Å². The van der Waals surface area contributed by atoms with Crippen LogP contribution in [0.25, 0.3) is 0 Å². The number of rotatable bonds is 7. The number of aryl methyl sites for hydroxylation is 1. The summed E-state index contributed by atoms with van der Waals surface area (Å²) in [6, 6.07) is 10.6. The molecular formula is C21H33IN6O. The number of anilines is 1. The van der Waals surface area contributed by atoms with Crippen LogP contribution in [0.3, 0.4) is 0 Å². The van der Waals surface area contributed by atoms with Gasteiger partial charge in [-0.1, -0.05) is 18.2 Å². The lowest BCUT2D eigenvalue weighted by atomic mass is 10.0. The summed E-state index contributed by atoms with van der Waals surface area (Å²) in [5.41, 5.74) is 1.01. The number of aliphatic imine (C=N–C) groups is 1. The molecule has 0 amide bonds. The molecular weight excluding hydrogens is 479 g/mol. The van der Waals surface area contributed by atoms with Crippen LogP contribution in [0, 0.1) is 5.92 Å². The van der Waals surface area contributed by atoms with Gasteiger partial charge in [0.2, 0.25) is 0 Å². The second-order valence-electron chi connectivity index (χ2n) is 7.69. The average molecular weight is 512 g/mol.